The Balaban J connectivity index is 1.71. The van der Waals surface area contributed by atoms with Gasteiger partial charge in [-0.05, 0) is 30.3 Å². The summed E-state index contributed by atoms with van der Waals surface area (Å²) in [4.78, 5) is 23.5. The lowest BCUT2D eigenvalue weighted by Gasteiger charge is -2.09. The number of halogens is 2. The first-order valence-corrected chi connectivity index (χ1v) is 7.65. The molecule has 0 aliphatic heterocycles. The van der Waals surface area contributed by atoms with Crippen LogP contribution in [0.25, 0.3) is 0 Å². The van der Waals surface area contributed by atoms with Gasteiger partial charge in [0.25, 0.3) is 5.91 Å². The molecule has 0 spiro atoms. The summed E-state index contributed by atoms with van der Waals surface area (Å²) in [7, 11) is 0. The summed E-state index contributed by atoms with van der Waals surface area (Å²) in [6, 6.07) is 13.4. The number of hydrogen-bond donors (Lipinski definition) is 3. The smallest absolute Gasteiger partial charge is 0.319 e. The minimum absolute atomic E-state index is 0.283. The second kappa shape index (κ2) is 8.41. The molecule has 0 saturated heterocycles. The first-order chi connectivity index (χ1) is 11.1. The van der Waals surface area contributed by atoms with Crippen LogP contribution in [0.3, 0.4) is 0 Å². The van der Waals surface area contributed by atoms with E-state index >= 15 is 0 Å². The van der Waals surface area contributed by atoms with Crippen molar-refractivity contribution in [3.63, 3.8) is 0 Å². The quantitative estimate of drug-likeness (QED) is 0.721. The monoisotopic (exact) mass is 351 g/mol. The number of benzene rings is 2. The second-order valence-corrected chi connectivity index (χ2v) is 5.45. The Labute approximate surface area is 144 Å². The molecule has 0 unspecified atom stereocenters. The van der Waals surface area contributed by atoms with Crippen molar-refractivity contribution in [2.24, 2.45) is 0 Å². The number of rotatable bonds is 5. The van der Waals surface area contributed by atoms with Crippen molar-refractivity contribution in [1.82, 2.24) is 10.6 Å². The van der Waals surface area contributed by atoms with Gasteiger partial charge in [-0.25, -0.2) is 4.79 Å². The van der Waals surface area contributed by atoms with Gasteiger partial charge in [0.2, 0.25) is 0 Å². The van der Waals surface area contributed by atoms with E-state index in [1.54, 1.807) is 24.3 Å². The van der Waals surface area contributed by atoms with E-state index in [1.165, 1.54) is 6.07 Å². The van der Waals surface area contributed by atoms with Crippen LogP contribution < -0.4 is 16.0 Å². The predicted octanol–water partition coefficient (Wildman–Crippen LogP) is 3.54. The molecule has 2 rings (SSSR count). The Bertz CT molecular complexity index is 693. The molecule has 0 heterocycles. The zero-order valence-electron chi connectivity index (χ0n) is 12.1. The molecule has 7 heteroatoms. The molecule has 0 saturated carbocycles. The summed E-state index contributed by atoms with van der Waals surface area (Å²) >= 11 is 11.7. The number of carbonyl (C=O) groups is 2. The van der Waals surface area contributed by atoms with Crippen molar-refractivity contribution in [2.75, 3.05) is 18.4 Å². The zero-order valence-corrected chi connectivity index (χ0v) is 13.6. The van der Waals surface area contributed by atoms with Gasteiger partial charge >= 0.3 is 6.03 Å². The number of nitrogens with one attached hydrogen (secondary N) is 3. The highest BCUT2D eigenvalue weighted by Crippen LogP contribution is 2.22. The lowest BCUT2D eigenvalue weighted by Crippen LogP contribution is -2.36. The van der Waals surface area contributed by atoms with Crippen LogP contribution in [0.5, 0.6) is 0 Å². The van der Waals surface area contributed by atoms with Crippen LogP contribution in [0, 0.1) is 0 Å². The number of urea groups is 1. The van der Waals surface area contributed by atoms with Gasteiger partial charge in [-0.3, -0.25) is 4.79 Å². The Morgan fingerprint density at radius 1 is 0.870 bits per heavy atom. The van der Waals surface area contributed by atoms with Crippen molar-refractivity contribution < 1.29 is 9.59 Å². The fourth-order valence-corrected chi connectivity index (χ4v) is 2.09. The highest BCUT2D eigenvalue weighted by molar-refractivity contribution is 6.42. The molecule has 3 N–H and O–H groups in total. The van der Waals surface area contributed by atoms with E-state index in [9.17, 15) is 9.59 Å². The molecule has 2 aromatic carbocycles. The SMILES string of the molecule is O=C(NCCNC(=O)c1ccc(Cl)c(Cl)c1)Nc1ccccc1. The first-order valence-electron chi connectivity index (χ1n) is 6.89. The maximum absolute atomic E-state index is 11.9. The Morgan fingerprint density at radius 2 is 1.57 bits per heavy atom. The number of amides is 3. The van der Waals surface area contributed by atoms with E-state index in [0.29, 0.717) is 34.4 Å². The third-order valence-electron chi connectivity index (χ3n) is 2.91. The molecule has 0 aliphatic rings. The van der Waals surface area contributed by atoms with Crippen LogP contribution >= 0.6 is 23.2 Å². The van der Waals surface area contributed by atoms with Crippen LogP contribution in [-0.4, -0.2) is 25.0 Å². The first kappa shape index (κ1) is 17.1. The Morgan fingerprint density at radius 3 is 2.26 bits per heavy atom. The van der Waals surface area contributed by atoms with Crippen molar-refractivity contribution in [2.45, 2.75) is 0 Å². The summed E-state index contributed by atoms with van der Waals surface area (Å²) in [5.41, 5.74) is 1.11. The minimum atomic E-state index is -0.333. The van der Waals surface area contributed by atoms with E-state index in [0.717, 1.165) is 0 Å². The molecule has 5 nitrogen and oxygen atoms in total. The van der Waals surface area contributed by atoms with Crippen molar-refractivity contribution in [3.8, 4) is 0 Å². The fraction of sp³-hybridized carbons (Fsp3) is 0.125. The average Bonchev–Trinajstić information content (AvgIpc) is 2.55. The van der Waals surface area contributed by atoms with Crippen LogP contribution in [0.2, 0.25) is 10.0 Å². The minimum Gasteiger partial charge on any atom is -0.350 e. The molecule has 0 aliphatic carbocycles. The van der Waals surface area contributed by atoms with Gasteiger partial charge in [0.1, 0.15) is 0 Å². The van der Waals surface area contributed by atoms with E-state index in [1.807, 2.05) is 18.2 Å². The predicted molar refractivity (Wildman–Crippen MR) is 92.3 cm³/mol. The molecule has 2 aromatic rings. The maximum atomic E-state index is 11.9. The Kier molecular flexibility index (Phi) is 6.26. The average molecular weight is 352 g/mol. The van der Waals surface area contributed by atoms with Crippen molar-refractivity contribution in [1.29, 1.82) is 0 Å². The summed E-state index contributed by atoms with van der Waals surface area (Å²) in [5.74, 6) is -0.283. The lowest BCUT2D eigenvalue weighted by atomic mass is 10.2. The van der Waals surface area contributed by atoms with Crippen LogP contribution in [0.4, 0.5) is 10.5 Å². The molecule has 0 bridgehead atoms. The zero-order chi connectivity index (χ0) is 16.7. The van der Waals surface area contributed by atoms with E-state index < -0.39 is 0 Å². The molecular formula is C16H15Cl2N3O2. The fourth-order valence-electron chi connectivity index (χ4n) is 1.79. The van der Waals surface area contributed by atoms with E-state index in [2.05, 4.69) is 16.0 Å². The lowest BCUT2D eigenvalue weighted by molar-refractivity contribution is 0.0954. The number of para-hydroxylation sites is 1. The van der Waals surface area contributed by atoms with Crippen molar-refractivity contribution in [3.05, 3.63) is 64.1 Å². The molecule has 120 valence electrons. The van der Waals surface area contributed by atoms with Crippen LogP contribution in [0.1, 0.15) is 10.4 Å². The van der Waals surface area contributed by atoms with E-state index in [-0.39, 0.29) is 11.9 Å². The van der Waals surface area contributed by atoms with Gasteiger partial charge in [-0.2, -0.15) is 0 Å². The van der Waals surface area contributed by atoms with Gasteiger partial charge in [0.15, 0.2) is 0 Å². The highest BCUT2D eigenvalue weighted by atomic mass is 35.5. The molecule has 3 amide bonds. The molecule has 0 fully saturated rings. The summed E-state index contributed by atoms with van der Waals surface area (Å²) in [5, 5.41) is 8.72. The van der Waals surface area contributed by atoms with Gasteiger partial charge in [-0.15, -0.1) is 0 Å². The van der Waals surface area contributed by atoms with Crippen molar-refractivity contribution >= 4 is 40.8 Å². The third kappa shape index (κ3) is 5.47. The summed E-state index contributed by atoms with van der Waals surface area (Å²) < 4.78 is 0. The molecule has 0 atom stereocenters. The summed E-state index contributed by atoms with van der Waals surface area (Å²) in [6.45, 7) is 0.590. The van der Waals surface area contributed by atoms with Gasteiger partial charge in [0.05, 0.1) is 10.0 Å². The Hall–Kier alpha value is -2.24. The third-order valence-corrected chi connectivity index (χ3v) is 3.65. The standard InChI is InChI=1S/C16H15Cl2N3O2/c17-13-7-6-11(10-14(13)18)15(22)19-8-9-20-16(23)21-12-4-2-1-3-5-12/h1-7,10H,8-9H2,(H,19,22)(H2,20,21,23). The van der Waals surface area contributed by atoms with Crippen LogP contribution in [0.15, 0.2) is 48.5 Å². The van der Waals surface area contributed by atoms with E-state index in [4.69, 9.17) is 23.2 Å². The molecule has 0 radical (unpaired) electrons. The molecule has 0 aromatic heterocycles. The highest BCUT2D eigenvalue weighted by Gasteiger charge is 2.07. The number of anilines is 1. The second-order valence-electron chi connectivity index (χ2n) is 4.63. The van der Waals surface area contributed by atoms with Gasteiger partial charge < -0.3 is 16.0 Å². The van der Waals surface area contributed by atoms with Gasteiger partial charge in [-0.1, -0.05) is 41.4 Å². The molecular weight excluding hydrogens is 337 g/mol. The normalized spacial score (nSPS) is 10.0. The number of carbonyl (C=O) groups excluding carboxylic acids is 2. The number of hydrogen-bond acceptors (Lipinski definition) is 2. The van der Waals surface area contributed by atoms with Crippen LogP contribution in [-0.2, 0) is 0 Å². The summed E-state index contributed by atoms with van der Waals surface area (Å²) in [6.07, 6.45) is 0. The maximum Gasteiger partial charge on any atom is 0.319 e. The van der Waals surface area contributed by atoms with Gasteiger partial charge in [0, 0.05) is 24.3 Å². The molecule has 23 heavy (non-hydrogen) atoms. The topological polar surface area (TPSA) is 70.2 Å². The largest absolute Gasteiger partial charge is 0.350 e.